The molecule has 0 unspecified atom stereocenters. The number of pyridine rings is 1. The van der Waals surface area contributed by atoms with Crippen molar-refractivity contribution in [2.75, 3.05) is 5.32 Å². The number of aromatic nitrogens is 2. The van der Waals surface area contributed by atoms with Gasteiger partial charge < -0.3 is 5.32 Å². The third-order valence-corrected chi connectivity index (χ3v) is 5.16. The molecule has 0 aliphatic heterocycles. The molecule has 1 saturated carbocycles. The molecule has 5 heteroatoms. The standard InChI is InChI=1S/C16H21Br2N3/c1-2-6-14-16(19-12-7-4-3-5-8-12)21-10-11(17)9-13(18)15(21)20-14/h9-10,12,19H,2-8H2,1H3. The summed E-state index contributed by atoms with van der Waals surface area (Å²) >= 11 is 7.21. The molecule has 21 heavy (non-hydrogen) atoms. The molecule has 0 aromatic carbocycles. The molecule has 0 atom stereocenters. The number of hydrogen-bond acceptors (Lipinski definition) is 2. The van der Waals surface area contributed by atoms with E-state index in [1.54, 1.807) is 0 Å². The van der Waals surface area contributed by atoms with Crippen LogP contribution in [0.15, 0.2) is 21.2 Å². The number of fused-ring (bicyclic) bond motifs is 1. The van der Waals surface area contributed by atoms with Gasteiger partial charge in [-0.25, -0.2) is 4.98 Å². The third-order valence-electron chi connectivity index (χ3n) is 4.15. The SMILES string of the molecule is CCCc1nc2c(Br)cc(Br)cn2c1NC1CCCCC1. The van der Waals surface area contributed by atoms with E-state index in [0.29, 0.717) is 6.04 Å². The lowest BCUT2D eigenvalue weighted by Crippen LogP contribution is -2.23. The van der Waals surface area contributed by atoms with Gasteiger partial charge in [-0.15, -0.1) is 0 Å². The van der Waals surface area contributed by atoms with Gasteiger partial charge in [-0.3, -0.25) is 4.40 Å². The first kappa shape index (κ1) is 15.3. The Morgan fingerprint density at radius 2 is 2.05 bits per heavy atom. The van der Waals surface area contributed by atoms with E-state index in [1.165, 1.54) is 43.6 Å². The summed E-state index contributed by atoms with van der Waals surface area (Å²) in [6.07, 6.45) is 10.8. The quantitative estimate of drug-likeness (QED) is 0.709. The van der Waals surface area contributed by atoms with Crippen molar-refractivity contribution in [2.24, 2.45) is 0 Å². The first-order valence-electron chi connectivity index (χ1n) is 7.81. The van der Waals surface area contributed by atoms with E-state index < -0.39 is 0 Å². The molecule has 2 aromatic rings. The summed E-state index contributed by atoms with van der Waals surface area (Å²) in [6.45, 7) is 2.21. The van der Waals surface area contributed by atoms with Gasteiger partial charge >= 0.3 is 0 Å². The van der Waals surface area contributed by atoms with Gasteiger partial charge in [-0.1, -0.05) is 32.6 Å². The molecule has 3 rings (SSSR count). The summed E-state index contributed by atoms with van der Waals surface area (Å²) in [5.74, 6) is 1.18. The van der Waals surface area contributed by atoms with Crippen LogP contribution in [0.2, 0.25) is 0 Å². The fourth-order valence-electron chi connectivity index (χ4n) is 3.12. The summed E-state index contributed by atoms with van der Waals surface area (Å²) < 4.78 is 4.29. The van der Waals surface area contributed by atoms with Crippen LogP contribution in [0.3, 0.4) is 0 Å². The van der Waals surface area contributed by atoms with E-state index in [1.807, 2.05) is 0 Å². The molecule has 3 nitrogen and oxygen atoms in total. The Labute approximate surface area is 142 Å². The van der Waals surface area contributed by atoms with Gasteiger partial charge in [0.05, 0.1) is 10.2 Å². The van der Waals surface area contributed by atoms with Gasteiger partial charge in [-0.2, -0.15) is 0 Å². The van der Waals surface area contributed by atoms with Gasteiger partial charge in [0.1, 0.15) is 5.82 Å². The van der Waals surface area contributed by atoms with E-state index >= 15 is 0 Å². The molecule has 0 spiro atoms. The summed E-state index contributed by atoms with van der Waals surface area (Å²) in [4.78, 5) is 4.84. The van der Waals surface area contributed by atoms with Crippen LogP contribution in [-0.2, 0) is 6.42 Å². The minimum atomic E-state index is 0.590. The second kappa shape index (κ2) is 6.69. The number of halogens is 2. The monoisotopic (exact) mass is 413 g/mol. The van der Waals surface area contributed by atoms with Crippen molar-refractivity contribution >= 4 is 43.3 Å². The van der Waals surface area contributed by atoms with Crippen LogP contribution in [0, 0.1) is 0 Å². The van der Waals surface area contributed by atoms with Gasteiger partial charge in [-0.05, 0) is 57.2 Å². The van der Waals surface area contributed by atoms with Crippen molar-refractivity contribution in [3.63, 3.8) is 0 Å². The van der Waals surface area contributed by atoms with Crippen molar-refractivity contribution in [1.82, 2.24) is 9.38 Å². The predicted molar refractivity (Wildman–Crippen MR) is 95.1 cm³/mol. The Bertz CT molecular complexity index is 630. The Hall–Kier alpha value is -0.550. The van der Waals surface area contributed by atoms with Gasteiger partial charge in [0, 0.05) is 16.7 Å². The maximum atomic E-state index is 4.84. The molecule has 0 radical (unpaired) electrons. The highest BCUT2D eigenvalue weighted by Crippen LogP contribution is 2.30. The number of nitrogens with zero attached hydrogens (tertiary/aromatic N) is 2. The van der Waals surface area contributed by atoms with Crippen molar-refractivity contribution < 1.29 is 0 Å². The second-order valence-corrected chi connectivity index (χ2v) is 7.61. The minimum absolute atomic E-state index is 0.590. The lowest BCUT2D eigenvalue weighted by atomic mass is 9.95. The van der Waals surface area contributed by atoms with Gasteiger partial charge in [0.15, 0.2) is 5.65 Å². The van der Waals surface area contributed by atoms with Crippen molar-refractivity contribution in [3.05, 3.63) is 26.9 Å². The van der Waals surface area contributed by atoms with Crippen molar-refractivity contribution in [3.8, 4) is 0 Å². The minimum Gasteiger partial charge on any atom is -0.367 e. The molecule has 0 bridgehead atoms. The smallest absolute Gasteiger partial charge is 0.153 e. The van der Waals surface area contributed by atoms with Crippen LogP contribution in [0.4, 0.5) is 5.82 Å². The van der Waals surface area contributed by atoms with E-state index in [4.69, 9.17) is 4.98 Å². The number of imidazole rings is 1. The molecule has 1 fully saturated rings. The Balaban J connectivity index is 2.02. The van der Waals surface area contributed by atoms with Gasteiger partial charge in [0.25, 0.3) is 0 Å². The summed E-state index contributed by atoms with van der Waals surface area (Å²) in [7, 11) is 0. The first-order chi connectivity index (χ1) is 10.2. The highest BCUT2D eigenvalue weighted by Gasteiger charge is 2.19. The molecule has 1 N–H and O–H groups in total. The zero-order valence-corrected chi connectivity index (χ0v) is 15.5. The molecule has 1 aliphatic rings. The molecule has 2 aromatic heterocycles. The lowest BCUT2D eigenvalue weighted by molar-refractivity contribution is 0.461. The summed E-state index contributed by atoms with van der Waals surface area (Å²) in [6, 6.07) is 2.65. The summed E-state index contributed by atoms with van der Waals surface area (Å²) in [5, 5.41) is 3.77. The number of anilines is 1. The van der Waals surface area contributed by atoms with Crippen LogP contribution < -0.4 is 5.32 Å². The van der Waals surface area contributed by atoms with Gasteiger partial charge in [0.2, 0.25) is 0 Å². The number of nitrogens with one attached hydrogen (secondary N) is 1. The number of rotatable bonds is 4. The Morgan fingerprint density at radius 1 is 1.29 bits per heavy atom. The Morgan fingerprint density at radius 3 is 2.76 bits per heavy atom. The summed E-state index contributed by atoms with van der Waals surface area (Å²) in [5.41, 5.74) is 2.18. The molecule has 2 heterocycles. The van der Waals surface area contributed by atoms with E-state index in [9.17, 15) is 0 Å². The fourth-order valence-corrected chi connectivity index (χ4v) is 4.39. The third kappa shape index (κ3) is 3.29. The largest absolute Gasteiger partial charge is 0.367 e. The van der Waals surface area contributed by atoms with Crippen LogP contribution in [-0.4, -0.2) is 15.4 Å². The molecule has 1 aliphatic carbocycles. The number of hydrogen-bond donors (Lipinski definition) is 1. The average Bonchev–Trinajstić information content (AvgIpc) is 2.79. The highest BCUT2D eigenvalue weighted by atomic mass is 79.9. The van der Waals surface area contributed by atoms with E-state index in [-0.39, 0.29) is 0 Å². The second-order valence-electron chi connectivity index (χ2n) is 5.84. The fraction of sp³-hybridized carbons (Fsp3) is 0.562. The van der Waals surface area contributed by atoms with Crippen molar-refractivity contribution in [1.29, 1.82) is 0 Å². The van der Waals surface area contributed by atoms with Crippen molar-refractivity contribution in [2.45, 2.75) is 57.9 Å². The molecular weight excluding hydrogens is 394 g/mol. The zero-order chi connectivity index (χ0) is 14.8. The maximum Gasteiger partial charge on any atom is 0.153 e. The Kier molecular flexibility index (Phi) is 4.89. The molecule has 114 valence electrons. The zero-order valence-electron chi connectivity index (χ0n) is 12.3. The van der Waals surface area contributed by atoms with E-state index in [0.717, 1.165) is 27.4 Å². The normalized spacial score (nSPS) is 16.5. The first-order valence-corrected chi connectivity index (χ1v) is 9.40. The topological polar surface area (TPSA) is 29.3 Å². The van der Waals surface area contributed by atoms with E-state index in [2.05, 4.69) is 60.8 Å². The van der Waals surface area contributed by atoms with Crippen LogP contribution in [0.1, 0.15) is 51.1 Å². The maximum absolute atomic E-state index is 4.84. The van der Waals surface area contributed by atoms with Crippen LogP contribution in [0.5, 0.6) is 0 Å². The molecule has 0 amide bonds. The molecule has 0 saturated heterocycles. The molecular formula is C16H21Br2N3. The number of aryl methyl sites for hydroxylation is 1. The lowest BCUT2D eigenvalue weighted by Gasteiger charge is -2.24. The predicted octanol–water partition coefficient (Wildman–Crippen LogP) is 5.56. The highest BCUT2D eigenvalue weighted by molar-refractivity contribution is 9.11. The average molecular weight is 415 g/mol. The van der Waals surface area contributed by atoms with Crippen LogP contribution in [0.25, 0.3) is 5.65 Å². The van der Waals surface area contributed by atoms with Crippen LogP contribution >= 0.6 is 31.9 Å².